The molecular formula is C64H104Cl4N12O4. The van der Waals surface area contributed by atoms with Gasteiger partial charge in [-0.15, -0.1) is 49.6 Å². The van der Waals surface area contributed by atoms with Gasteiger partial charge in [-0.1, -0.05) is 132 Å². The third kappa shape index (κ3) is 24.0. The van der Waals surface area contributed by atoms with Crippen molar-refractivity contribution in [2.45, 2.75) is 182 Å². The van der Waals surface area contributed by atoms with E-state index in [-0.39, 0.29) is 95.1 Å². The van der Waals surface area contributed by atoms with Gasteiger partial charge in [-0.3, -0.25) is 20.0 Å². The van der Waals surface area contributed by atoms with Crippen LogP contribution in [0.5, 0.6) is 23.0 Å². The lowest BCUT2D eigenvalue weighted by atomic mass is 9.79. The summed E-state index contributed by atoms with van der Waals surface area (Å²) in [7, 11) is 0. The molecule has 16 N–H and O–H groups in total. The van der Waals surface area contributed by atoms with Crippen molar-refractivity contribution < 1.29 is 18.9 Å². The molecule has 8 bridgehead atoms. The Kier molecular flexibility index (Phi) is 31.3. The first-order valence-corrected chi connectivity index (χ1v) is 28.9. The third-order valence-corrected chi connectivity index (χ3v) is 14.3. The number of hydrogen-bond acceptors (Lipinski definition) is 8. The van der Waals surface area contributed by atoms with E-state index in [9.17, 15) is 0 Å². The summed E-state index contributed by atoms with van der Waals surface area (Å²) in [4.78, 5) is 17.1. The number of ether oxygens (including phenoxy) is 4. The molecule has 472 valence electrons. The van der Waals surface area contributed by atoms with Crippen LogP contribution in [0.3, 0.4) is 0 Å². The summed E-state index contributed by atoms with van der Waals surface area (Å²) < 4.78 is 28.7. The average Bonchev–Trinajstić information content (AvgIpc) is 3.55. The standard InChI is InChI=1S/C64H100N12O4.4ClH/c1-61(2,3)49-33-41-29-43-35-50(62(4,5)6)37-45(54(43)78-26-18-14-22-74-58(67)68)31-47-39-52(64(10,11)12)40-48(56(47)80-28-20-16-24-76-60(71)72)32-46-38-51(63(7,8)9)36-44(55(46)79-27-19-15-23-75-59(69)70)30-42(34-49)53(41)77-25-17-13-21-73-57(65)66;;;;/h33-40H,13-32H2,1-12H3,(H4,65,66,73)(H4,67,68,74)(H4,69,70,75)(H4,71,72,76);4*1H. The molecule has 0 spiro atoms. The van der Waals surface area contributed by atoms with E-state index in [0.29, 0.717) is 78.3 Å². The first-order chi connectivity index (χ1) is 37.5. The van der Waals surface area contributed by atoms with Crippen molar-refractivity contribution in [3.8, 4) is 23.0 Å². The van der Waals surface area contributed by atoms with Gasteiger partial charge in [-0.2, -0.15) is 0 Å². The Morgan fingerprint density at radius 2 is 0.452 bits per heavy atom. The molecule has 1 aliphatic carbocycles. The van der Waals surface area contributed by atoms with Crippen LogP contribution in [0.1, 0.15) is 201 Å². The fourth-order valence-electron chi connectivity index (χ4n) is 9.75. The normalized spacial score (nSPS) is 12.1. The zero-order valence-electron chi connectivity index (χ0n) is 52.4. The van der Waals surface area contributed by atoms with Crippen LogP contribution in [-0.2, 0) is 47.3 Å². The van der Waals surface area contributed by atoms with Gasteiger partial charge in [0.05, 0.1) is 26.4 Å². The highest BCUT2D eigenvalue weighted by atomic mass is 35.5. The van der Waals surface area contributed by atoms with Crippen LogP contribution in [0.4, 0.5) is 0 Å². The van der Waals surface area contributed by atoms with Crippen molar-refractivity contribution in [3.05, 3.63) is 115 Å². The number of rotatable bonds is 24. The molecular weight excluding hydrogens is 1140 g/mol. The smallest absolute Gasteiger partial charge is 0.185 e. The number of fused-ring (bicyclic) bond motifs is 8. The maximum Gasteiger partial charge on any atom is 0.185 e. The molecule has 0 atom stereocenters. The lowest BCUT2D eigenvalue weighted by Gasteiger charge is -2.29. The number of nitrogens with zero attached hydrogens (tertiary/aromatic N) is 4. The molecule has 4 aromatic carbocycles. The second-order valence-electron chi connectivity index (χ2n) is 25.7. The average molecular weight is 1250 g/mol. The van der Waals surface area contributed by atoms with E-state index in [1.165, 1.54) is 22.3 Å². The SMILES string of the molecule is CC(C)(C)c1cc2c(OCCCCN=C(N)N)c(c1)Cc1cc(C(C)(C)C)cc(c1OCCCCN=C(N)N)Cc1cc(C(C)(C)C)cc(c1OCCCCN=C(N)N)Cc1cc(C(C)(C)C)cc(c1OCCCCN=C(N)N)C2.Cl.Cl.Cl.Cl. The number of benzene rings is 4. The van der Waals surface area contributed by atoms with Gasteiger partial charge in [-0.05, 0) is 140 Å². The predicted octanol–water partition coefficient (Wildman–Crippen LogP) is 11.0. The zero-order valence-corrected chi connectivity index (χ0v) is 55.7. The molecule has 0 aromatic heterocycles. The molecule has 0 aliphatic heterocycles. The summed E-state index contributed by atoms with van der Waals surface area (Å²) in [6.07, 6.45) is 8.22. The Balaban J connectivity index is 0.00000882. The molecule has 1 aliphatic rings. The first-order valence-electron chi connectivity index (χ1n) is 28.9. The number of aliphatic imine (C=N–C) groups is 4. The molecule has 0 radical (unpaired) electrons. The van der Waals surface area contributed by atoms with Crippen LogP contribution in [0.15, 0.2) is 68.5 Å². The van der Waals surface area contributed by atoms with Gasteiger partial charge in [0.2, 0.25) is 0 Å². The molecule has 20 heteroatoms. The monoisotopic (exact) mass is 1240 g/mol. The van der Waals surface area contributed by atoms with Crippen LogP contribution in [0.2, 0.25) is 0 Å². The van der Waals surface area contributed by atoms with Crippen molar-refractivity contribution in [3.63, 3.8) is 0 Å². The first kappa shape index (κ1) is 76.3. The van der Waals surface area contributed by atoms with Crippen molar-refractivity contribution >= 4 is 73.5 Å². The number of guanidine groups is 4. The molecule has 0 saturated heterocycles. The fraction of sp³-hybridized carbons (Fsp3) is 0.562. The lowest BCUT2D eigenvalue weighted by molar-refractivity contribution is 0.295. The Morgan fingerprint density at radius 3 is 0.583 bits per heavy atom. The Bertz CT molecular complexity index is 2360. The largest absolute Gasteiger partial charge is 0.493 e. The van der Waals surface area contributed by atoms with Gasteiger partial charge in [0, 0.05) is 51.9 Å². The van der Waals surface area contributed by atoms with E-state index in [0.717, 1.165) is 119 Å². The zero-order chi connectivity index (χ0) is 59.0. The van der Waals surface area contributed by atoms with E-state index in [1.807, 2.05) is 0 Å². The maximum atomic E-state index is 7.17. The molecule has 0 fully saturated rings. The lowest BCUT2D eigenvalue weighted by Crippen LogP contribution is -2.23. The highest BCUT2D eigenvalue weighted by Crippen LogP contribution is 2.44. The van der Waals surface area contributed by atoms with Gasteiger partial charge in [0.15, 0.2) is 23.8 Å². The van der Waals surface area contributed by atoms with E-state index in [1.54, 1.807) is 0 Å². The van der Waals surface area contributed by atoms with E-state index in [2.05, 4.69) is 152 Å². The van der Waals surface area contributed by atoms with Crippen molar-refractivity contribution in [2.24, 2.45) is 65.8 Å². The van der Waals surface area contributed by atoms with Crippen LogP contribution in [0, 0.1) is 0 Å². The van der Waals surface area contributed by atoms with Gasteiger partial charge in [0.1, 0.15) is 23.0 Å². The minimum absolute atomic E-state index is 0. The summed E-state index contributed by atoms with van der Waals surface area (Å²) in [6, 6.07) is 18.8. The quantitative estimate of drug-likeness (QED) is 0.0163. The summed E-state index contributed by atoms with van der Waals surface area (Å²) in [5, 5.41) is 0. The van der Waals surface area contributed by atoms with Gasteiger partial charge in [-0.25, -0.2) is 0 Å². The Morgan fingerprint density at radius 1 is 0.298 bits per heavy atom. The summed E-state index contributed by atoms with van der Waals surface area (Å²) in [5.74, 6) is 3.78. The second-order valence-corrected chi connectivity index (χ2v) is 25.7. The van der Waals surface area contributed by atoms with E-state index >= 15 is 0 Å². The van der Waals surface area contributed by atoms with Gasteiger partial charge < -0.3 is 64.8 Å². The Labute approximate surface area is 528 Å². The van der Waals surface area contributed by atoms with Crippen molar-refractivity contribution in [1.82, 2.24) is 0 Å². The predicted molar refractivity (Wildman–Crippen MR) is 362 cm³/mol. The summed E-state index contributed by atoms with van der Waals surface area (Å²) in [5.41, 5.74) is 58.5. The Hall–Kier alpha value is -5.68. The molecule has 84 heavy (non-hydrogen) atoms. The fourth-order valence-corrected chi connectivity index (χ4v) is 9.75. The molecule has 4 aromatic rings. The van der Waals surface area contributed by atoms with Crippen LogP contribution in [-0.4, -0.2) is 76.4 Å². The van der Waals surface area contributed by atoms with Crippen LogP contribution < -0.4 is 64.8 Å². The molecule has 0 amide bonds. The minimum Gasteiger partial charge on any atom is -0.493 e. The molecule has 16 nitrogen and oxygen atoms in total. The van der Waals surface area contributed by atoms with Crippen molar-refractivity contribution in [2.75, 3.05) is 52.6 Å². The maximum absolute atomic E-state index is 7.17. The molecule has 0 unspecified atom stereocenters. The van der Waals surface area contributed by atoms with E-state index in [4.69, 9.17) is 64.8 Å². The third-order valence-electron chi connectivity index (χ3n) is 14.3. The molecule has 5 rings (SSSR count). The highest BCUT2D eigenvalue weighted by molar-refractivity contribution is 5.86. The number of halogens is 4. The van der Waals surface area contributed by atoms with Crippen molar-refractivity contribution in [1.29, 1.82) is 0 Å². The summed E-state index contributed by atoms with van der Waals surface area (Å²) >= 11 is 0. The number of hydrogen-bond donors (Lipinski definition) is 8. The van der Waals surface area contributed by atoms with Gasteiger partial charge >= 0.3 is 0 Å². The van der Waals surface area contributed by atoms with Crippen LogP contribution >= 0.6 is 49.6 Å². The molecule has 0 heterocycles. The second kappa shape index (κ2) is 34.5. The highest BCUT2D eigenvalue weighted by Gasteiger charge is 2.30. The van der Waals surface area contributed by atoms with Gasteiger partial charge in [0.25, 0.3) is 0 Å². The number of unbranched alkanes of at least 4 members (excludes halogenated alkanes) is 4. The minimum atomic E-state index is -0.210. The molecule has 0 saturated carbocycles. The topological polar surface area (TPSA) is 295 Å². The number of nitrogens with two attached hydrogens (primary N) is 8. The summed E-state index contributed by atoms with van der Waals surface area (Å²) in [6.45, 7) is 31.3. The van der Waals surface area contributed by atoms with Crippen LogP contribution in [0.25, 0.3) is 0 Å². The van der Waals surface area contributed by atoms with E-state index < -0.39 is 0 Å².